The van der Waals surface area contributed by atoms with Gasteiger partial charge in [-0.15, -0.1) is 0 Å². The van der Waals surface area contributed by atoms with E-state index in [-0.39, 0.29) is 6.10 Å². The normalized spacial score (nSPS) is 12.7. The minimum absolute atomic E-state index is 0.0957. The second kappa shape index (κ2) is 9.55. The summed E-state index contributed by atoms with van der Waals surface area (Å²) in [5.41, 5.74) is 1.15. The van der Waals surface area contributed by atoms with Gasteiger partial charge in [-0.05, 0) is 23.6 Å². The highest BCUT2D eigenvalue weighted by atomic mass is 127. The average Bonchev–Trinajstić information content (AvgIpc) is 2.42. The van der Waals surface area contributed by atoms with Crippen LogP contribution in [0.15, 0.2) is 24.3 Å². The largest absolute Gasteiger partial charge is 0.497 e. The fraction of sp³-hybridized carbons (Fsp3) is 0.600. The molecule has 0 heterocycles. The molecule has 0 N–H and O–H groups in total. The van der Waals surface area contributed by atoms with Crippen molar-refractivity contribution in [3.05, 3.63) is 29.8 Å². The Morgan fingerprint density at radius 2 is 2.00 bits per heavy atom. The van der Waals surface area contributed by atoms with Crippen molar-refractivity contribution in [2.24, 2.45) is 5.92 Å². The highest BCUT2D eigenvalue weighted by Gasteiger charge is 2.11. The molecule has 0 saturated heterocycles. The number of ether oxygens (including phenoxy) is 3. The molecular formula is C15H23IO3. The SMILES string of the molecule is COc1cccc(C(CI)OCCOCC(C)C)c1. The molecule has 1 rings (SSSR count). The van der Waals surface area contributed by atoms with E-state index in [2.05, 4.69) is 42.5 Å². The first-order chi connectivity index (χ1) is 9.17. The van der Waals surface area contributed by atoms with E-state index >= 15 is 0 Å². The van der Waals surface area contributed by atoms with E-state index in [9.17, 15) is 0 Å². The number of hydrogen-bond donors (Lipinski definition) is 0. The Labute approximate surface area is 129 Å². The summed E-state index contributed by atoms with van der Waals surface area (Å²) in [7, 11) is 1.68. The van der Waals surface area contributed by atoms with E-state index in [1.807, 2.05) is 18.2 Å². The van der Waals surface area contributed by atoms with Crippen molar-refractivity contribution < 1.29 is 14.2 Å². The Morgan fingerprint density at radius 3 is 2.63 bits per heavy atom. The van der Waals surface area contributed by atoms with Gasteiger partial charge in [0.15, 0.2) is 0 Å². The molecule has 0 aliphatic carbocycles. The summed E-state index contributed by atoms with van der Waals surface area (Å²) in [6.07, 6.45) is 0.0957. The molecular weight excluding hydrogens is 355 g/mol. The van der Waals surface area contributed by atoms with Crippen LogP contribution in [0.3, 0.4) is 0 Å². The van der Waals surface area contributed by atoms with Gasteiger partial charge in [-0.3, -0.25) is 0 Å². The van der Waals surface area contributed by atoms with Crippen molar-refractivity contribution in [1.29, 1.82) is 0 Å². The highest BCUT2D eigenvalue weighted by Crippen LogP contribution is 2.23. The smallest absolute Gasteiger partial charge is 0.119 e. The summed E-state index contributed by atoms with van der Waals surface area (Å²) < 4.78 is 17.5. The van der Waals surface area contributed by atoms with Crippen LogP contribution in [-0.4, -0.2) is 31.4 Å². The quantitative estimate of drug-likeness (QED) is 0.371. The molecule has 4 heteroatoms. The van der Waals surface area contributed by atoms with Gasteiger partial charge in [-0.25, -0.2) is 0 Å². The third kappa shape index (κ3) is 6.58. The molecule has 3 nitrogen and oxygen atoms in total. The zero-order chi connectivity index (χ0) is 14.1. The van der Waals surface area contributed by atoms with Gasteiger partial charge in [-0.1, -0.05) is 48.6 Å². The third-order valence-corrected chi connectivity index (χ3v) is 3.40. The standard InChI is InChI=1S/C15H23IO3/c1-12(2)11-18-7-8-19-15(10-16)13-5-4-6-14(9-13)17-3/h4-6,9,12,15H,7-8,10-11H2,1-3H3. The van der Waals surface area contributed by atoms with Gasteiger partial charge in [0.1, 0.15) is 5.75 Å². The second-order valence-electron chi connectivity index (χ2n) is 4.76. The lowest BCUT2D eigenvalue weighted by atomic mass is 10.1. The van der Waals surface area contributed by atoms with Crippen molar-refractivity contribution in [3.8, 4) is 5.75 Å². The molecule has 0 spiro atoms. The van der Waals surface area contributed by atoms with Crippen LogP contribution < -0.4 is 4.74 Å². The van der Waals surface area contributed by atoms with Gasteiger partial charge in [0.25, 0.3) is 0 Å². The molecule has 0 radical (unpaired) electrons. The molecule has 1 atom stereocenters. The van der Waals surface area contributed by atoms with Gasteiger partial charge < -0.3 is 14.2 Å². The predicted octanol–water partition coefficient (Wildman–Crippen LogP) is 3.86. The zero-order valence-corrected chi connectivity index (χ0v) is 14.1. The minimum atomic E-state index is 0.0957. The highest BCUT2D eigenvalue weighted by molar-refractivity contribution is 14.1. The van der Waals surface area contributed by atoms with Gasteiger partial charge >= 0.3 is 0 Å². The number of methoxy groups -OCH3 is 1. The average molecular weight is 378 g/mol. The Kier molecular flexibility index (Phi) is 8.41. The molecule has 0 aliphatic heterocycles. The summed E-state index contributed by atoms with van der Waals surface area (Å²) in [5.74, 6) is 1.44. The lowest BCUT2D eigenvalue weighted by Gasteiger charge is -2.17. The van der Waals surface area contributed by atoms with E-state index in [0.29, 0.717) is 19.1 Å². The van der Waals surface area contributed by atoms with Crippen molar-refractivity contribution in [1.82, 2.24) is 0 Å². The summed E-state index contributed by atoms with van der Waals surface area (Å²) in [4.78, 5) is 0. The second-order valence-corrected chi connectivity index (χ2v) is 5.64. The third-order valence-electron chi connectivity index (χ3n) is 2.60. The van der Waals surface area contributed by atoms with E-state index in [0.717, 1.165) is 22.3 Å². The van der Waals surface area contributed by atoms with Crippen molar-refractivity contribution in [2.45, 2.75) is 20.0 Å². The van der Waals surface area contributed by atoms with E-state index < -0.39 is 0 Å². The first-order valence-corrected chi connectivity index (χ1v) is 8.09. The maximum Gasteiger partial charge on any atom is 0.119 e. The number of halogens is 1. The molecule has 0 aromatic heterocycles. The number of hydrogen-bond acceptors (Lipinski definition) is 3. The lowest BCUT2D eigenvalue weighted by Crippen LogP contribution is -2.12. The van der Waals surface area contributed by atoms with Crippen LogP contribution in [-0.2, 0) is 9.47 Å². The number of alkyl halides is 1. The topological polar surface area (TPSA) is 27.7 Å². The molecule has 108 valence electrons. The first kappa shape index (κ1) is 16.7. The Hall–Kier alpha value is -0.330. The molecule has 0 saturated carbocycles. The number of benzene rings is 1. The monoisotopic (exact) mass is 378 g/mol. The zero-order valence-electron chi connectivity index (χ0n) is 11.9. The van der Waals surface area contributed by atoms with Crippen molar-refractivity contribution in [2.75, 3.05) is 31.4 Å². The number of rotatable bonds is 9. The lowest BCUT2D eigenvalue weighted by molar-refractivity contribution is 0.00814. The van der Waals surface area contributed by atoms with Gasteiger partial charge in [0.2, 0.25) is 0 Å². The molecule has 19 heavy (non-hydrogen) atoms. The van der Waals surface area contributed by atoms with E-state index in [1.54, 1.807) is 7.11 Å². The van der Waals surface area contributed by atoms with Crippen molar-refractivity contribution >= 4 is 22.6 Å². The van der Waals surface area contributed by atoms with Crippen LogP contribution in [0.5, 0.6) is 5.75 Å². The predicted molar refractivity (Wildman–Crippen MR) is 86.2 cm³/mol. The fourth-order valence-corrected chi connectivity index (χ4v) is 2.40. The minimum Gasteiger partial charge on any atom is -0.497 e. The summed E-state index contributed by atoms with van der Waals surface area (Å²) >= 11 is 2.34. The van der Waals surface area contributed by atoms with Crippen LogP contribution in [0.25, 0.3) is 0 Å². The molecule has 1 aromatic carbocycles. The van der Waals surface area contributed by atoms with Gasteiger partial charge in [-0.2, -0.15) is 0 Å². The summed E-state index contributed by atoms with van der Waals surface area (Å²) in [5, 5.41) is 0. The Bertz CT molecular complexity index is 355. The first-order valence-electron chi connectivity index (χ1n) is 6.56. The van der Waals surface area contributed by atoms with Gasteiger partial charge in [0.05, 0.1) is 26.4 Å². The maximum absolute atomic E-state index is 5.87. The van der Waals surface area contributed by atoms with E-state index in [1.165, 1.54) is 0 Å². The molecule has 1 unspecified atom stereocenters. The Morgan fingerprint density at radius 1 is 1.21 bits per heavy atom. The van der Waals surface area contributed by atoms with E-state index in [4.69, 9.17) is 14.2 Å². The molecule has 0 fully saturated rings. The van der Waals surface area contributed by atoms with Crippen molar-refractivity contribution in [3.63, 3.8) is 0 Å². The van der Waals surface area contributed by atoms with Crippen LogP contribution in [0, 0.1) is 5.92 Å². The molecule has 0 aliphatic rings. The summed E-state index contributed by atoms with van der Waals surface area (Å²) in [6, 6.07) is 8.03. The van der Waals surface area contributed by atoms with Crippen LogP contribution in [0.1, 0.15) is 25.5 Å². The molecule has 0 amide bonds. The maximum atomic E-state index is 5.87. The molecule has 0 bridgehead atoms. The van der Waals surface area contributed by atoms with Crippen LogP contribution in [0.2, 0.25) is 0 Å². The van der Waals surface area contributed by atoms with Crippen LogP contribution >= 0.6 is 22.6 Å². The molecule has 1 aromatic rings. The summed E-state index contributed by atoms with van der Waals surface area (Å²) in [6.45, 7) is 6.35. The Balaban J connectivity index is 2.40. The van der Waals surface area contributed by atoms with Crippen LogP contribution in [0.4, 0.5) is 0 Å². The van der Waals surface area contributed by atoms with Gasteiger partial charge in [0, 0.05) is 11.0 Å². The fourth-order valence-electron chi connectivity index (χ4n) is 1.64.